The van der Waals surface area contributed by atoms with Crippen LogP contribution in [-0.2, 0) is 11.2 Å². The molecule has 27 heavy (non-hydrogen) atoms. The number of piperazine rings is 1. The van der Waals surface area contributed by atoms with Gasteiger partial charge in [-0.25, -0.2) is 9.18 Å². The molecule has 8 heteroatoms. The van der Waals surface area contributed by atoms with E-state index in [0.717, 1.165) is 25.2 Å². The van der Waals surface area contributed by atoms with Crippen molar-refractivity contribution in [2.24, 2.45) is 0 Å². The molecule has 0 aliphatic carbocycles. The molecule has 0 unspecified atom stereocenters. The van der Waals surface area contributed by atoms with Crippen molar-refractivity contribution in [1.82, 2.24) is 15.5 Å². The molecule has 1 aliphatic rings. The predicted octanol–water partition coefficient (Wildman–Crippen LogP) is 2.08. The molecule has 1 aromatic carbocycles. The maximum atomic E-state index is 13.0. The van der Waals surface area contributed by atoms with E-state index in [-0.39, 0.29) is 18.3 Å². The van der Waals surface area contributed by atoms with Crippen LogP contribution in [0.4, 0.5) is 14.9 Å². The minimum absolute atomic E-state index is 0.190. The third kappa shape index (κ3) is 6.04. The number of halogens is 1. The Bertz CT molecular complexity index is 744. The van der Waals surface area contributed by atoms with Crippen LogP contribution in [0.25, 0.3) is 0 Å². The normalized spacial score (nSPS) is 14.8. The van der Waals surface area contributed by atoms with Crippen molar-refractivity contribution in [3.05, 3.63) is 52.5 Å². The predicted molar refractivity (Wildman–Crippen MR) is 105 cm³/mol. The molecule has 1 fully saturated rings. The summed E-state index contributed by atoms with van der Waals surface area (Å²) in [6.07, 6.45) is 0.755. The highest BCUT2D eigenvalue weighted by Crippen LogP contribution is 2.16. The van der Waals surface area contributed by atoms with Crippen molar-refractivity contribution >= 4 is 29.0 Å². The summed E-state index contributed by atoms with van der Waals surface area (Å²) in [6, 6.07) is 9.96. The summed E-state index contributed by atoms with van der Waals surface area (Å²) >= 11 is 1.64. The molecule has 0 bridgehead atoms. The summed E-state index contributed by atoms with van der Waals surface area (Å²) in [4.78, 5) is 29.2. The average Bonchev–Trinajstić information content (AvgIpc) is 3.16. The zero-order valence-electron chi connectivity index (χ0n) is 15.0. The molecule has 0 radical (unpaired) electrons. The lowest BCUT2D eigenvalue weighted by molar-refractivity contribution is -0.121. The van der Waals surface area contributed by atoms with Crippen LogP contribution in [0.1, 0.15) is 4.88 Å². The van der Waals surface area contributed by atoms with Crippen LogP contribution in [-0.4, -0.2) is 56.1 Å². The van der Waals surface area contributed by atoms with Gasteiger partial charge in [0.15, 0.2) is 0 Å². The van der Waals surface area contributed by atoms with E-state index < -0.39 is 6.03 Å². The molecule has 2 aromatic rings. The van der Waals surface area contributed by atoms with Crippen molar-refractivity contribution in [2.45, 2.75) is 6.42 Å². The Balaban J connectivity index is 1.34. The van der Waals surface area contributed by atoms with Crippen LogP contribution in [0.2, 0.25) is 0 Å². The van der Waals surface area contributed by atoms with Gasteiger partial charge >= 0.3 is 6.03 Å². The SMILES string of the molecule is O=C(CN1CCN(c2ccc(F)cc2)CC1)NC(=O)NCCc1cccs1. The number of hydrogen-bond donors (Lipinski definition) is 2. The standard InChI is InChI=1S/C19H23FN4O2S/c20-15-3-5-16(6-4-15)24-11-9-23(10-12-24)14-18(25)22-19(26)21-8-7-17-2-1-13-27-17/h1-6,13H,7-12,14H2,(H2,21,22,25,26). The lowest BCUT2D eigenvalue weighted by atomic mass is 10.2. The molecular formula is C19H23FN4O2S. The molecule has 1 saturated heterocycles. The summed E-state index contributed by atoms with van der Waals surface area (Å²) in [5, 5.41) is 7.07. The summed E-state index contributed by atoms with van der Waals surface area (Å²) in [7, 11) is 0. The van der Waals surface area contributed by atoms with Crippen molar-refractivity contribution in [3.63, 3.8) is 0 Å². The molecule has 0 spiro atoms. The molecule has 6 nitrogen and oxygen atoms in total. The number of nitrogens with one attached hydrogen (secondary N) is 2. The first-order chi connectivity index (χ1) is 13.1. The van der Waals surface area contributed by atoms with Gasteiger partial charge in [-0.1, -0.05) is 6.07 Å². The smallest absolute Gasteiger partial charge is 0.321 e. The molecular weight excluding hydrogens is 367 g/mol. The maximum Gasteiger partial charge on any atom is 0.321 e. The number of rotatable bonds is 6. The second-order valence-corrected chi connectivity index (χ2v) is 7.41. The van der Waals surface area contributed by atoms with Crippen molar-refractivity contribution in [1.29, 1.82) is 0 Å². The maximum absolute atomic E-state index is 13.0. The van der Waals surface area contributed by atoms with Gasteiger partial charge in [0.2, 0.25) is 5.91 Å². The number of carbonyl (C=O) groups is 2. The Hall–Kier alpha value is -2.45. The molecule has 3 rings (SSSR count). The Morgan fingerprint density at radius 1 is 1.07 bits per heavy atom. The minimum atomic E-state index is -0.457. The molecule has 2 N–H and O–H groups in total. The first-order valence-corrected chi connectivity index (χ1v) is 9.81. The summed E-state index contributed by atoms with van der Waals surface area (Å²) in [6.45, 7) is 3.62. The summed E-state index contributed by atoms with van der Waals surface area (Å²) < 4.78 is 13.0. The second-order valence-electron chi connectivity index (χ2n) is 6.37. The van der Waals surface area contributed by atoms with E-state index in [0.29, 0.717) is 19.6 Å². The number of urea groups is 1. The Kier molecular flexibility index (Phi) is 6.78. The highest BCUT2D eigenvalue weighted by atomic mass is 32.1. The number of hydrogen-bond acceptors (Lipinski definition) is 5. The van der Waals surface area contributed by atoms with Crippen LogP contribution in [0.3, 0.4) is 0 Å². The van der Waals surface area contributed by atoms with Gasteiger partial charge in [-0.15, -0.1) is 11.3 Å². The van der Waals surface area contributed by atoms with E-state index in [1.54, 1.807) is 23.5 Å². The third-order valence-corrected chi connectivity index (χ3v) is 5.36. The van der Waals surface area contributed by atoms with Gasteiger partial charge in [-0.3, -0.25) is 15.0 Å². The van der Waals surface area contributed by atoms with Gasteiger partial charge in [-0.05, 0) is 42.1 Å². The fourth-order valence-corrected chi connectivity index (χ4v) is 3.69. The second kappa shape index (κ2) is 9.48. The fraction of sp³-hybridized carbons (Fsp3) is 0.368. The zero-order chi connectivity index (χ0) is 19.1. The van der Waals surface area contributed by atoms with Gasteiger partial charge in [0.1, 0.15) is 5.82 Å². The first kappa shape index (κ1) is 19.3. The minimum Gasteiger partial charge on any atom is -0.369 e. The number of benzene rings is 1. The van der Waals surface area contributed by atoms with E-state index in [1.165, 1.54) is 17.0 Å². The fourth-order valence-electron chi connectivity index (χ4n) is 2.98. The molecule has 1 aromatic heterocycles. The summed E-state index contributed by atoms with van der Waals surface area (Å²) in [5.41, 5.74) is 0.977. The summed E-state index contributed by atoms with van der Waals surface area (Å²) in [5.74, 6) is -0.554. The van der Waals surface area contributed by atoms with Crippen molar-refractivity contribution in [2.75, 3.05) is 44.2 Å². The van der Waals surface area contributed by atoms with Gasteiger partial charge in [0.05, 0.1) is 6.54 Å². The Labute approximate surface area is 162 Å². The van der Waals surface area contributed by atoms with Gasteiger partial charge < -0.3 is 10.2 Å². The van der Waals surface area contributed by atoms with E-state index in [9.17, 15) is 14.0 Å². The van der Waals surface area contributed by atoms with E-state index in [4.69, 9.17) is 0 Å². The van der Waals surface area contributed by atoms with E-state index in [2.05, 4.69) is 15.5 Å². The molecule has 0 atom stereocenters. The lowest BCUT2D eigenvalue weighted by Gasteiger charge is -2.35. The molecule has 2 heterocycles. The van der Waals surface area contributed by atoms with Crippen LogP contribution in [0.15, 0.2) is 41.8 Å². The van der Waals surface area contributed by atoms with Crippen molar-refractivity contribution in [3.8, 4) is 0 Å². The monoisotopic (exact) mass is 390 g/mol. The van der Waals surface area contributed by atoms with Gasteiger partial charge in [0, 0.05) is 43.3 Å². The number of nitrogens with zero attached hydrogens (tertiary/aromatic N) is 2. The quantitative estimate of drug-likeness (QED) is 0.793. The van der Waals surface area contributed by atoms with E-state index >= 15 is 0 Å². The average molecular weight is 390 g/mol. The van der Waals surface area contributed by atoms with Crippen LogP contribution < -0.4 is 15.5 Å². The Morgan fingerprint density at radius 3 is 2.48 bits per heavy atom. The topological polar surface area (TPSA) is 64.7 Å². The molecule has 1 aliphatic heterocycles. The van der Waals surface area contributed by atoms with Crippen LogP contribution >= 0.6 is 11.3 Å². The van der Waals surface area contributed by atoms with Crippen LogP contribution in [0.5, 0.6) is 0 Å². The number of imide groups is 1. The van der Waals surface area contributed by atoms with Crippen molar-refractivity contribution < 1.29 is 14.0 Å². The molecule has 144 valence electrons. The highest BCUT2D eigenvalue weighted by Gasteiger charge is 2.20. The number of anilines is 1. The number of carbonyl (C=O) groups excluding carboxylic acids is 2. The van der Waals surface area contributed by atoms with E-state index in [1.807, 2.05) is 22.4 Å². The van der Waals surface area contributed by atoms with Gasteiger partial charge in [-0.2, -0.15) is 0 Å². The van der Waals surface area contributed by atoms with Gasteiger partial charge in [0.25, 0.3) is 0 Å². The zero-order valence-corrected chi connectivity index (χ0v) is 15.8. The Morgan fingerprint density at radius 2 is 1.81 bits per heavy atom. The number of amides is 3. The van der Waals surface area contributed by atoms with Crippen LogP contribution in [0, 0.1) is 5.82 Å². The molecule has 0 saturated carbocycles. The lowest BCUT2D eigenvalue weighted by Crippen LogP contribution is -2.51. The third-order valence-electron chi connectivity index (χ3n) is 4.42. The molecule has 3 amide bonds. The largest absolute Gasteiger partial charge is 0.369 e. The number of thiophene rings is 1. The highest BCUT2D eigenvalue weighted by molar-refractivity contribution is 7.09. The first-order valence-electron chi connectivity index (χ1n) is 8.93.